The molecule has 1 fully saturated rings. The number of rotatable bonds is 5. The van der Waals surface area contributed by atoms with E-state index >= 15 is 0 Å². The zero-order valence-electron chi connectivity index (χ0n) is 12.8. The van der Waals surface area contributed by atoms with E-state index < -0.39 is 0 Å². The number of benzene rings is 1. The molecular formula is C17H25NOS. The Hall–Kier alpha value is -0.960. The SMILES string of the molecule is CC1CC1C(NC(=O)CSC(C)(C)C)c1ccccc1. The number of hydrogen-bond acceptors (Lipinski definition) is 2. The molecule has 3 heteroatoms. The summed E-state index contributed by atoms with van der Waals surface area (Å²) in [6.45, 7) is 8.68. The highest BCUT2D eigenvalue weighted by atomic mass is 32.2. The van der Waals surface area contributed by atoms with Crippen molar-refractivity contribution in [1.82, 2.24) is 5.32 Å². The predicted octanol–water partition coefficient (Wildman–Crippen LogP) is 4.03. The number of carbonyl (C=O) groups is 1. The van der Waals surface area contributed by atoms with Crippen LogP contribution in [0.15, 0.2) is 30.3 Å². The largest absolute Gasteiger partial charge is 0.348 e. The van der Waals surface area contributed by atoms with Crippen molar-refractivity contribution >= 4 is 17.7 Å². The fourth-order valence-corrected chi connectivity index (χ4v) is 3.06. The van der Waals surface area contributed by atoms with Crippen molar-refractivity contribution in [2.75, 3.05) is 5.75 Å². The van der Waals surface area contributed by atoms with Crippen LogP contribution in [0.25, 0.3) is 0 Å². The molecule has 0 aliphatic heterocycles. The molecule has 1 amide bonds. The highest BCUT2D eigenvalue weighted by Gasteiger charge is 2.40. The number of hydrogen-bond donors (Lipinski definition) is 1. The molecule has 0 saturated heterocycles. The summed E-state index contributed by atoms with van der Waals surface area (Å²) >= 11 is 1.70. The molecule has 1 aromatic rings. The summed E-state index contributed by atoms with van der Waals surface area (Å²) in [6, 6.07) is 10.5. The summed E-state index contributed by atoms with van der Waals surface area (Å²) in [4.78, 5) is 12.2. The van der Waals surface area contributed by atoms with Crippen LogP contribution >= 0.6 is 11.8 Å². The van der Waals surface area contributed by atoms with Gasteiger partial charge in [0, 0.05) is 4.75 Å². The molecule has 110 valence electrons. The zero-order valence-corrected chi connectivity index (χ0v) is 13.7. The normalized spacial score (nSPS) is 23.2. The second-order valence-corrected chi connectivity index (χ2v) is 8.54. The topological polar surface area (TPSA) is 29.1 Å². The summed E-state index contributed by atoms with van der Waals surface area (Å²) in [6.07, 6.45) is 1.21. The average molecular weight is 291 g/mol. The standard InChI is InChI=1S/C17H25NOS/c1-12-10-14(12)16(13-8-6-5-7-9-13)18-15(19)11-20-17(2,3)4/h5-9,12,14,16H,10-11H2,1-4H3,(H,18,19). The van der Waals surface area contributed by atoms with Crippen LogP contribution in [0, 0.1) is 11.8 Å². The summed E-state index contributed by atoms with van der Waals surface area (Å²) in [7, 11) is 0. The van der Waals surface area contributed by atoms with E-state index in [9.17, 15) is 4.79 Å². The molecule has 0 bridgehead atoms. The second kappa shape index (κ2) is 6.21. The molecule has 1 saturated carbocycles. The molecule has 0 radical (unpaired) electrons. The van der Waals surface area contributed by atoms with Crippen LogP contribution in [-0.2, 0) is 4.79 Å². The monoisotopic (exact) mass is 291 g/mol. The van der Waals surface area contributed by atoms with Gasteiger partial charge in [-0.25, -0.2) is 0 Å². The first kappa shape index (κ1) is 15.4. The van der Waals surface area contributed by atoms with E-state index in [0.29, 0.717) is 11.7 Å². The summed E-state index contributed by atoms with van der Waals surface area (Å²) in [5, 5.41) is 3.24. The van der Waals surface area contributed by atoms with E-state index in [4.69, 9.17) is 0 Å². The van der Waals surface area contributed by atoms with Crippen LogP contribution in [-0.4, -0.2) is 16.4 Å². The molecule has 1 aromatic carbocycles. The molecule has 20 heavy (non-hydrogen) atoms. The molecule has 0 spiro atoms. The zero-order chi connectivity index (χ0) is 14.8. The van der Waals surface area contributed by atoms with E-state index in [1.54, 1.807) is 11.8 Å². The Kier molecular flexibility index (Phi) is 4.79. The summed E-state index contributed by atoms with van der Waals surface area (Å²) < 4.78 is 0.131. The van der Waals surface area contributed by atoms with Gasteiger partial charge in [-0.1, -0.05) is 58.0 Å². The second-order valence-electron chi connectivity index (χ2n) is 6.73. The van der Waals surface area contributed by atoms with E-state index in [1.807, 2.05) is 18.2 Å². The number of nitrogens with one attached hydrogen (secondary N) is 1. The number of thioether (sulfide) groups is 1. The maximum atomic E-state index is 12.2. The first-order valence-electron chi connectivity index (χ1n) is 7.35. The molecule has 1 aliphatic carbocycles. The van der Waals surface area contributed by atoms with Gasteiger partial charge in [-0.2, -0.15) is 0 Å². The third-order valence-corrected chi connectivity index (χ3v) is 4.98. The van der Waals surface area contributed by atoms with E-state index in [0.717, 1.165) is 5.92 Å². The third kappa shape index (κ3) is 4.55. The van der Waals surface area contributed by atoms with E-state index in [-0.39, 0.29) is 16.7 Å². The van der Waals surface area contributed by atoms with Gasteiger partial charge in [-0.15, -0.1) is 11.8 Å². The number of amides is 1. The quantitative estimate of drug-likeness (QED) is 0.887. The van der Waals surface area contributed by atoms with Gasteiger partial charge in [0.05, 0.1) is 11.8 Å². The van der Waals surface area contributed by atoms with Crippen LogP contribution in [0.5, 0.6) is 0 Å². The minimum atomic E-state index is 0.131. The Morgan fingerprint density at radius 3 is 2.45 bits per heavy atom. The van der Waals surface area contributed by atoms with Gasteiger partial charge in [0.25, 0.3) is 0 Å². The Labute approximate surface area is 126 Å². The lowest BCUT2D eigenvalue weighted by molar-refractivity contribution is -0.119. The molecule has 3 atom stereocenters. The van der Waals surface area contributed by atoms with Gasteiger partial charge in [0.1, 0.15) is 0 Å². The summed E-state index contributed by atoms with van der Waals surface area (Å²) in [5.41, 5.74) is 1.23. The van der Waals surface area contributed by atoms with Crippen molar-refractivity contribution in [1.29, 1.82) is 0 Å². The van der Waals surface area contributed by atoms with Crippen LogP contribution in [0.2, 0.25) is 0 Å². The van der Waals surface area contributed by atoms with Crippen molar-refractivity contribution in [3.8, 4) is 0 Å². The fraction of sp³-hybridized carbons (Fsp3) is 0.588. The van der Waals surface area contributed by atoms with Gasteiger partial charge >= 0.3 is 0 Å². The molecule has 2 rings (SSSR count). The van der Waals surface area contributed by atoms with Crippen molar-refractivity contribution in [2.45, 2.75) is 44.9 Å². The van der Waals surface area contributed by atoms with Crippen LogP contribution in [0.1, 0.15) is 45.7 Å². The predicted molar refractivity (Wildman–Crippen MR) is 86.8 cm³/mol. The van der Waals surface area contributed by atoms with Gasteiger partial charge < -0.3 is 5.32 Å². The van der Waals surface area contributed by atoms with Gasteiger partial charge in [0.2, 0.25) is 5.91 Å². The minimum Gasteiger partial charge on any atom is -0.348 e. The van der Waals surface area contributed by atoms with Crippen molar-refractivity contribution in [3.05, 3.63) is 35.9 Å². The molecule has 0 heterocycles. The van der Waals surface area contributed by atoms with Crippen LogP contribution in [0.3, 0.4) is 0 Å². The fourth-order valence-electron chi connectivity index (χ4n) is 2.41. The highest BCUT2D eigenvalue weighted by molar-refractivity contribution is 8.01. The van der Waals surface area contributed by atoms with Gasteiger partial charge in [-0.05, 0) is 23.8 Å². The lowest BCUT2D eigenvalue weighted by atomic mass is 10.0. The lowest BCUT2D eigenvalue weighted by Crippen LogP contribution is -2.32. The van der Waals surface area contributed by atoms with E-state index in [1.165, 1.54) is 12.0 Å². The Bertz CT molecular complexity index is 452. The van der Waals surface area contributed by atoms with Crippen LogP contribution < -0.4 is 5.32 Å². The maximum Gasteiger partial charge on any atom is 0.230 e. The smallest absolute Gasteiger partial charge is 0.230 e. The van der Waals surface area contributed by atoms with Crippen molar-refractivity contribution in [2.24, 2.45) is 11.8 Å². The number of carbonyl (C=O) groups excluding carboxylic acids is 1. The lowest BCUT2D eigenvalue weighted by Gasteiger charge is -2.21. The van der Waals surface area contributed by atoms with Gasteiger partial charge in [0.15, 0.2) is 0 Å². The Morgan fingerprint density at radius 2 is 1.95 bits per heavy atom. The highest BCUT2D eigenvalue weighted by Crippen LogP contribution is 2.46. The van der Waals surface area contributed by atoms with Crippen molar-refractivity contribution in [3.63, 3.8) is 0 Å². The van der Waals surface area contributed by atoms with Crippen LogP contribution in [0.4, 0.5) is 0 Å². The molecule has 2 nitrogen and oxygen atoms in total. The minimum absolute atomic E-state index is 0.131. The first-order chi connectivity index (χ1) is 9.37. The molecule has 1 aliphatic rings. The first-order valence-corrected chi connectivity index (χ1v) is 8.33. The summed E-state index contributed by atoms with van der Waals surface area (Å²) in [5.74, 6) is 2.00. The third-order valence-electron chi connectivity index (χ3n) is 3.71. The van der Waals surface area contributed by atoms with Gasteiger partial charge in [-0.3, -0.25) is 4.79 Å². The Morgan fingerprint density at radius 1 is 1.35 bits per heavy atom. The Balaban J connectivity index is 1.97. The maximum absolute atomic E-state index is 12.2. The average Bonchev–Trinajstić information content (AvgIpc) is 3.10. The van der Waals surface area contributed by atoms with Crippen molar-refractivity contribution < 1.29 is 4.79 Å². The molecular weight excluding hydrogens is 266 g/mol. The molecule has 0 aromatic heterocycles. The molecule has 1 N–H and O–H groups in total. The van der Waals surface area contributed by atoms with E-state index in [2.05, 4.69) is 45.1 Å². The molecule has 3 unspecified atom stereocenters.